The molecule has 5 aliphatic heterocycles. The van der Waals surface area contributed by atoms with Gasteiger partial charge in [0, 0.05) is 90.1 Å². The van der Waals surface area contributed by atoms with Gasteiger partial charge in [0.15, 0.2) is 0 Å². The first-order valence-electron chi connectivity index (χ1n) is 31.2. The molecule has 89 heavy (non-hydrogen) atoms. The summed E-state index contributed by atoms with van der Waals surface area (Å²) >= 11 is 0. The third kappa shape index (κ3) is 20.4. The lowest BCUT2D eigenvalue weighted by Gasteiger charge is -2.32. The van der Waals surface area contributed by atoms with Crippen molar-refractivity contribution in [3.05, 3.63) is 65.7 Å². The third-order valence-electron chi connectivity index (χ3n) is 16.8. The Balaban J connectivity index is 0.859. The van der Waals surface area contributed by atoms with Gasteiger partial charge >= 0.3 is 0 Å². The van der Waals surface area contributed by atoms with Crippen molar-refractivity contribution in [3.8, 4) is 5.75 Å². The number of carbonyl (C=O) groups excluding carboxylic acids is 11. The monoisotopic (exact) mass is 1240 g/mol. The minimum absolute atomic E-state index is 0.0329. The predicted molar refractivity (Wildman–Crippen MR) is 329 cm³/mol. The highest BCUT2D eigenvalue weighted by atomic mass is 16.3. The quantitative estimate of drug-likeness (QED) is 0.0431. The number of phenolic OH excluding ortho intramolecular Hbond substituents is 1. The third-order valence-corrected chi connectivity index (χ3v) is 16.8. The normalized spacial score (nSPS) is 24.6. The van der Waals surface area contributed by atoms with E-state index in [1.165, 1.54) is 26.0 Å². The average Bonchev–Trinajstić information content (AvgIpc) is 2.60. The van der Waals surface area contributed by atoms with Gasteiger partial charge in [0.25, 0.3) is 0 Å². The molecule has 27 nitrogen and oxygen atoms in total. The Hall–Kier alpha value is -7.75. The number of amides is 11. The molecular weight excluding hydrogens is 1150 g/mol. The molecule has 2 aromatic carbocycles. The molecule has 0 radical (unpaired) electrons. The zero-order valence-electron chi connectivity index (χ0n) is 52.3. The van der Waals surface area contributed by atoms with Crippen LogP contribution >= 0.6 is 0 Å². The average molecular weight is 1240 g/mol. The van der Waals surface area contributed by atoms with Gasteiger partial charge in [0.2, 0.25) is 65.0 Å². The number of hydrogen-bond donors (Lipinski definition) is 15. The van der Waals surface area contributed by atoms with E-state index in [1.54, 1.807) is 30.9 Å². The van der Waals surface area contributed by atoms with Crippen LogP contribution in [0.15, 0.2) is 54.6 Å². The van der Waals surface area contributed by atoms with Gasteiger partial charge in [-0.05, 0) is 93.9 Å². The zero-order valence-corrected chi connectivity index (χ0v) is 52.3. The molecule has 2 aromatic rings. The molecule has 0 spiro atoms. The van der Waals surface area contributed by atoms with Crippen molar-refractivity contribution in [1.82, 2.24) is 79.3 Å². The van der Waals surface area contributed by atoms with Crippen molar-refractivity contribution in [2.75, 3.05) is 39.3 Å². The maximum Gasteiger partial charge on any atom is 0.243 e. The van der Waals surface area contributed by atoms with Crippen LogP contribution in [0, 0.1) is 11.8 Å². The first-order chi connectivity index (χ1) is 42.2. The zero-order chi connectivity index (χ0) is 64.7. The highest BCUT2D eigenvalue weighted by Crippen LogP contribution is 2.23. The number of hydrogen-bond acceptors (Lipinski definition) is 16. The van der Waals surface area contributed by atoms with Crippen LogP contribution in [0.5, 0.6) is 5.75 Å². The van der Waals surface area contributed by atoms with Crippen LogP contribution in [0.25, 0.3) is 0 Å². The van der Waals surface area contributed by atoms with Crippen molar-refractivity contribution in [3.63, 3.8) is 0 Å². The van der Waals surface area contributed by atoms with Crippen LogP contribution in [0.2, 0.25) is 0 Å². The summed E-state index contributed by atoms with van der Waals surface area (Å²) < 4.78 is 0. The largest absolute Gasteiger partial charge is 0.508 e. The molecule has 15 N–H and O–H groups in total. The summed E-state index contributed by atoms with van der Waals surface area (Å²) in [5, 5.41) is 51.6. The van der Waals surface area contributed by atoms with Gasteiger partial charge in [-0.1, -0.05) is 70.2 Å². The molecule has 5 saturated heterocycles. The fourth-order valence-electron chi connectivity index (χ4n) is 12.1. The smallest absolute Gasteiger partial charge is 0.243 e. The molecule has 0 saturated carbocycles. The minimum atomic E-state index is -1.05. The lowest BCUT2D eigenvalue weighted by molar-refractivity contribution is -0.140. The number of nitrogens with one attached hydrogen (secondary N) is 14. The standard InChI is InChI=1S/C62H93N15O12/c1-33(2)21-47(68-35(5)78)56(84)70-40-25-45(64-29-40)54(82)74-48(22-37-13-10-9-11-14-37)57(85)71-39-24-44(63-28-39)53(81)67-32-62(7,8)76-59(87)51-15-12-20-77(51)61(89)50-27-42(31-66-50)72-58(86)49(23-38-16-18-43(80)19-17-38)75-55(83)46-26-41(30-65-46)73-60(88)52(34(3)4)69-36(6)79/h9-11,13-14,16-19,33-34,39-42,44-52,63-66,80H,12,15,20-32H2,1-8H3,(H,67,81)(H,68,78)(H,69,79)(H,70,84)(H,71,85)(H,72,86)(H,73,88)(H,74,82)(H,75,83)(H,76,87)/t39-,40-,41-,42-,44+,45+,46+,47+,48+,49+,50+,51-,52+/m1/s1. The van der Waals surface area contributed by atoms with E-state index in [0.29, 0.717) is 37.9 Å². The van der Waals surface area contributed by atoms with E-state index in [9.17, 15) is 57.8 Å². The maximum absolute atomic E-state index is 14.2. The highest BCUT2D eigenvalue weighted by Gasteiger charge is 2.43. The first-order valence-corrected chi connectivity index (χ1v) is 31.2. The van der Waals surface area contributed by atoms with Gasteiger partial charge in [-0.2, -0.15) is 0 Å². The van der Waals surface area contributed by atoms with Gasteiger partial charge in [-0.25, -0.2) is 0 Å². The summed E-state index contributed by atoms with van der Waals surface area (Å²) in [4.78, 5) is 149. The summed E-state index contributed by atoms with van der Waals surface area (Å²) in [6, 6.07) is 6.64. The van der Waals surface area contributed by atoms with E-state index in [-0.39, 0.29) is 130 Å². The Labute approximate surface area is 520 Å². The number of nitrogens with zero attached hydrogens (tertiary/aromatic N) is 1. The second-order valence-corrected chi connectivity index (χ2v) is 25.9. The van der Waals surface area contributed by atoms with E-state index in [0.717, 1.165) is 5.56 Å². The van der Waals surface area contributed by atoms with E-state index in [1.807, 2.05) is 58.0 Å². The topological polar surface area (TPSA) is 380 Å². The van der Waals surface area contributed by atoms with E-state index in [4.69, 9.17) is 0 Å². The first kappa shape index (κ1) is 68.7. The Morgan fingerprint density at radius 2 is 1.00 bits per heavy atom. The molecule has 0 bridgehead atoms. The molecule has 13 atom stereocenters. The summed E-state index contributed by atoms with van der Waals surface area (Å²) in [7, 11) is 0. The fraction of sp³-hybridized carbons (Fsp3) is 0.629. The van der Waals surface area contributed by atoms with Crippen molar-refractivity contribution in [1.29, 1.82) is 0 Å². The number of benzene rings is 2. The van der Waals surface area contributed by atoms with E-state index < -0.39 is 102 Å². The van der Waals surface area contributed by atoms with Crippen LogP contribution in [0.3, 0.4) is 0 Å². The minimum Gasteiger partial charge on any atom is -0.508 e. The molecule has 0 aliphatic carbocycles. The molecule has 11 amide bonds. The molecule has 27 heteroatoms. The summed E-state index contributed by atoms with van der Waals surface area (Å²) in [5.74, 6) is -4.17. The number of phenols is 1. The molecule has 0 unspecified atom stereocenters. The molecule has 0 aromatic heterocycles. The second-order valence-electron chi connectivity index (χ2n) is 25.9. The number of rotatable bonds is 27. The van der Waals surface area contributed by atoms with Gasteiger partial charge in [0.1, 0.15) is 36.0 Å². The van der Waals surface area contributed by atoms with Crippen molar-refractivity contribution in [2.45, 2.75) is 197 Å². The van der Waals surface area contributed by atoms with Crippen molar-refractivity contribution in [2.24, 2.45) is 11.8 Å². The van der Waals surface area contributed by atoms with Crippen molar-refractivity contribution >= 4 is 65.0 Å². The predicted octanol–water partition coefficient (Wildman–Crippen LogP) is -2.75. The fourth-order valence-corrected chi connectivity index (χ4v) is 12.1. The Kier molecular flexibility index (Phi) is 24.4. The SMILES string of the molecule is CC(=O)N[C@@H](CC(C)C)C(=O)N[C@H]1CN[C@H](C(=O)N[C@@H](Cc2ccccc2)C(=O)N[C@H]2CN[C@H](C(=O)NCC(C)(C)NC(=O)[C@H]3CCCN3C(=O)[C@@H]3C[C@@H](NC(=O)[C@H](Cc4ccc(O)cc4)NC(=O)[C@@H]4C[C@@H](NC(=O)[C@@H](NC(C)=O)C(C)C)CN4)CN3)C2)C1. The number of carbonyl (C=O) groups is 11. The van der Waals surface area contributed by atoms with E-state index in [2.05, 4.69) is 74.4 Å². The van der Waals surface area contributed by atoms with Gasteiger partial charge in [0.05, 0.1) is 29.7 Å². The van der Waals surface area contributed by atoms with Crippen LogP contribution in [0.1, 0.15) is 111 Å². The molecule has 5 aliphatic rings. The van der Waals surface area contributed by atoms with Crippen LogP contribution in [-0.4, -0.2) is 198 Å². The Bertz CT molecular complexity index is 2860. The number of aromatic hydroxyl groups is 1. The van der Waals surface area contributed by atoms with Crippen LogP contribution in [0.4, 0.5) is 0 Å². The lowest BCUT2D eigenvalue weighted by Crippen LogP contribution is -2.58. The van der Waals surface area contributed by atoms with Crippen molar-refractivity contribution < 1.29 is 57.8 Å². The molecular formula is C62H93N15O12. The van der Waals surface area contributed by atoms with Gasteiger partial charge < -0.3 is 84.4 Å². The maximum atomic E-state index is 14.2. The summed E-state index contributed by atoms with van der Waals surface area (Å²) in [6.07, 6.45) is 2.69. The summed E-state index contributed by atoms with van der Waals surface area (Å²) in [6.45, 7) is 15.3. The van der Waals surface area contributed by atoms with Gasteiger partial charge in [-0.15, -0.1) is 0 Å². The Morgan fingerprint density at radius 1 is 0.551 bits per heavy atom. The summed E-state index contributed by atoms with van der Waals surface area (Å²) in [5.41, 5.74) is 0.534. The molecule has 7 rings (SSSR count). The molecule has 488 valence electrons. The molecule has 5 heterocycles. The Morgan fingerprint density at radius 3 is 1.48 bits per heavy atom. The van der Waals surface area contributed by atoms with E-state index >= 15 is 0 Å². The lowest BCUT2D eigenvalue weighted by atomic mass is 10.0. The van der Waals surface area contributed by atoms with Crippen LogP contribution < -0.4 is 74.4 Å². The molecule has 5 fully saturated rings. The number of likely N-dealkylation sites (tertiary alicyclic amines) is 1. The van der Waals surface area contributed by atoms with Gasteiger partial charge in [-0.3, -0.25) is 52.7 Å². The second kappa shape index (κ2) is 31.6. The van der Waals surface area contributed by atoms with Crippen LogP contribution in [-0.2, 0) is 65.6 Å². The highest BCUT2D eigenvalue weighted by molar-refractivity contribution is 5.94.